The van der Waals surface area contributed by atoms with Crippen LogP contribution in [0, 0.1) is 34.6 Å². The molecule has 2 amide bonds. The van der Waals surface area contributed by atoms with Gasteiger partial charge in [0.1, 0.15) is 5.75 Å². The summed E-state index contributed by atoms with van der Waals surface area (Å²) in [6, 6.07) is 13.1. The lowest BCUT2D eigenvalue weighted by Gasteiger charge is -2.19. The third kappa shape index (κ3) is 4.90. The van der Waals surface area contributed by atoms with Gasteiger partial charge in [-0.05, 0) is 75.1 Å². The number of fused-ring (bicyclic) bond motifs is 1. The van der Waals surface area contributed by atoms with Gasteiger partial charge in [-0.1, -0.05) is 41.4 Å². The molecule has 6 nitrogen and oxygen atoms in total. The number of nitrogens with zero attached hydrogens (tertiary/aromatic N) is 1. The molecule has 4 aromatic rings. The molecule has 0 aliphatic rings. The van der Waals surface area contributed by atoms with E-state index in [1.54, 1.807) is 12.3 Å². The van der Waals surface area contributed by atoms with Gasteiger partial charge in [0.2, 0.25) is 0 Å². The number of hydrogen-bond donors (Lipinski definition) is 2. The Labute approximate surface area is 215 Å². The molecule has 0 spiro atoms. The lowest BCUT2D eigenvalue weighted by molar-refractivity contribution is -0.131. The molecule has 4 rings (SSSR count). The molecular weight excluding hydrogens is 474 g/mol. The minimum Gasteiger partial charge on any atom is -0.426 e. The number of amides is 2. The van der Waals surface area contributed by atoms with Crippen molar-refractivity contribution >= 4 is 45.9 Å². The Morgan fingerprint density at radius 3 is 2.28 bits per heavy atom. The minimum absolute atomic E-state index is 0.388. The standard InChI is InChI=1S/C29H28ClN3O3/c1-15-11-16(2)27-22(12-15)26(21-9-7-8-10-23(21)30)25(14-31-27)33-29(35)32-24-13-17(3)28(36-20(6)34)19(5)18(24)4/h7-14H,1-6H3,(H2,32,33,35). The lowest BCUT2D eigenvalue weighted by atomic mass is 9.96. The molecule has 0 saturated carbocycles. The van der Waals surface area contributed by atoms with Crippen LogP contribution >= 0.6 is 11.6 Å². The number of esters is 1. The number of rotatable bonds is 4. The fraction of sp³-hybridized carbons (Fsp3) is 0.207. The van der Waals surface area contributed by atoms with E-state index in [0.717, 1.165) is 49.8 Å². The second-order valence-electron chi connectivity index (χ2n) is 9.00. The van der Waals surface area contributed by atoms with Gasteiger partial charge in [0.15, 0.2) is 0 Å². The Balaban J connectivity index is 1.76. The van der Waals surface area contributed by atoms with Crippen molar-refractivity contribution in [2.45, 2.75) is 41.5 Å². The number of pyridine rings is 1. The number of aromatic nitrogens is 1. The summed E-state index contributed by atoms with van der Waals surface area (Å²) in [5.41, 5.74) is 8.11. The molecule has 1 heterocycles. The van der Waals surface area contributed by atoms with E-state index >= 15 is 0 Å². The second kappa shape index (κ2) is 9.99. The van der Waals surface area contributed by atoms with E-state index in [0.29, 0.717) is 22.1 Å². The number of anilines is 2. The first-order valence-electron chi connectivity index (χ1n) is 11.6. The van der Waals surface area contributed by atoms with Crippen molar-refractivity contribution in [2.75, 3.05) is 10.6 Å². The van der Waals surface area contributed by atoms with Gasteiger partial charge in [0, 0.05) is 34.1 Å². The van der Waals surface area contributed by atoms with Gasteiger partial charge < -0.3 is 15.4 Å². The van der Waals surface area contributed by atoms with Crippen LogP contribution in [0.3, 0.4) is 0 Å². The highest BCUT2D eigenvalue weighted by atomic mass is 35.5. The monoisotopic (exact) mass is 501 g/mol. The molecular formula is C29H28ClN3O3. The average Bonchev–Trinajstić information content (AvgIpc) is 2.80. The Kier molecular flexibility index (Phi) is 7.00. The van der Waals surface area contributed by atoms with Gasteiger partial charge in [-0.3, -0.25) is 9.78 Å². The van der Waals surface area contributed by atoms with Crippen molar-refractivity contribution in [3.05, 3.63) is 81.5 Å². The number of carbonyl (C=O) groups is 2. The van der Waals surface area contributed by atoms with Crippen LogP contribution in [0.15, 0.2) is 48.7 Å². The smallest absolute Gasteiger partial charge is 0.323 e. The van der Waals surface area contributed by atoms with Crippen molar-refractivity contribution in [2.24, 2.45) is 0 Å². The highest BCUT2D eigenvalue weighted by Crippen LogP contribution is 2.39. The topological polar surface area (TPSA) is 80.3 Å². The van der Waals surface area contributed by atoms with Crippen LogP contribution in [0.1, 0.15) is 34.7 Å². The molecule has 0 atom stereocenters. The highest BCUT2D eigenvalue weighted by Gasteiger charge is 2.19. The first-order valence-corrected chi connectivity index (χ1v) is 12.0. The molecule has 0 aliphatic heterocycles. The van der Waals surface area contributed by atoms with E-state index in [9.17, 15) is 9.59 Å². The number of hydrogen-bond acceptors (Lipinski definition) is 4. The van der Waals surface area contributed by atoms with E-state index in [4.69, 9.17) is 16.3 Å². The van der Waals surface area contributed by atoms with Gasteiger partial charge in [-0.25, -0.2) is 4.79 Å². The summed E-state index contributed by atoms with van der Waals surface area (Å²) in [6.07, 6.45) is 1.66. The maximum atomic E-state index is 13.2. The molecule has 0 saturated heterocycles. The molecule has 0 fully saturated rings. The largest absolute Gasteiger partial charge is 0.426 e. The summed E-state index contributed by atoms with van der Waals surface area (Å²) < 4.78 is 5.36. The zero-order chi connectivity index (χ0) is 26.1. The molecule has 36 heavy (non-hydrogen) atoms. The van der Waals surface area contributed by atoms with Crippen molar-refractivity contribution in [1.29, 1.82) is 0 Å². The molecule has 0 radical (unpaired) electrons. The van der Waals surface area contributed by atoms with Crippen molar-refractivity contribution in [3.8, 4) is 16.9 Å². The Bertz CT molecular complexity index is 1530. The highest BCUT2D eigenvalue weighted by molar-refractivity contribution is 6.34. The van der Waals surface area contributed by atoms with Crippen molar-refractivity contribution in [1.82, 2.24) is 4.98 Å². The van der Waals surface area contributed by atoms with Crippen LogP contribution in [-0.2, 0) is 4.79 Å². The minimum atomic E-state index is -0.420. The Morgan fingerprint density at radius 2 is 1.58 bits per heavy atom. The molecule has 0 aliphatic carbocycles. The molecule has 0 unspecified atom stereocenters. The van der Waals surface area contributed by atoms with E-state index in [2.05, 4.69) is 27.8 Å². The Morgan fingerprint density at radius 1 is 0.889 bits per heavy atom. The lowest BCUT2D eigenvalue weighted by Crippen LogP contribution is -2.21. The summed E-state index contributed by atoms with van der Waals surface area (Å²) in [5, 5.41) is 7.39. The summed E-state index contributed by atoms with van der Waals surface area (Å²) in [6.45, 7) is 11.0. The molecule has 2 N–H and O–H groups in total. The quantitative estimate of drug-likeness (QED) is 0.222. The predicted octanol–water partition coefficient (Wildman–Crippen LogP) is 7.67. The zero-order valence-corrected chi connectivity index (χ0v) is 21.9. The second-order valence-corrected chi connectivity index (χ2v) is 9.40. The maximum Gasteiger partial charge on any atom is 0.323 e. The summed E-state index contributed by atoms with van der Waals surface area (Å²) in [7, 11) is 0. The van der Waals surface area contributed by atoms with Gasteiger partial charge in [-0.15, -0.1) is 0 Å². The fourth-order valence-electron chi connectivity index (χ4n) is 4.47. The van der Waals surface area contributed by atoms with Crippen molar-refractivity contribution in [3.63, 3.8) is 0 Å². The first kappa shape index (κ1) is 25.2. The molecule has 3 aromatic carbocycles. The number of benzene rings is 3. The van der Waals surface area contributed by atoms with Gasteiger partial charge in [-0.2, -0.15) is 0 Å². The predicted molar refractivity (Wildman–Crippen MR) is 146 cm³/mol. The molecule has 1 aromatic heterocycles. The normalized spacial score (nSPS) is 10.9. The molecule has 7 heteroatoms. The molecule has 0 bridgehead atoms. The van der Waals surface area contributed by atoms with E-state index in [1.165, 1.54) is 6.92 Å². The number of aryl methyl sites for hydroxylation is 3. The number of urea groups is 1. The maximum absolute atomic E-state index is 13.2. The number of ether oxygens (including phenoxy) is 1. The third-order valence-electron chi connectivity index (χ3n) is 6.22. The van der Waals surface area contributed by atoms with Crippen LogP contribution in [0.2, 0.25) is 5.02 Å². The summed E-state index contributed by atoms with van der Waals surface area (Å²) >= 11 is 6.60. The molecule has 184 valence electrons. The fourth-order valence-corrected chi connectivity index (χ4v) is 4.70. The average molecular weight is 502 g/mol. The summed E-state index contributed by atoms with van der Waals surface area (Å²) in [4.78, 5) is 29.3. The number of halogens is 1. The van der Waals surface area contributed by atoms with Crippen molar-refractivity contribution < 1.29 is 14.3 Å². The van der Waals surface area contributed by atoms with Crippen LogP contribution in [0.4, 0.5) is 16.2 Å². The SMILES string of the molecule is CC(=O)Oc1c(C)cc(NC(=O)Nc2cnc3c(C)cc(C)cc3c2-c2ccccc2Cl)c(C)c1C. The van der Waals surface area contributed by atoms with Gasteiger partial charge in [0.25, 0.3) is 0 Å². The van der Waals surface area contributed by atoms with Crippen LogP contribution in [0.5, 0.6) is 5.75 Å². The van der Waals surface area contributed by atoms with Crippen LogP contribution in [0.25, 0.3) is 22.0 Å². The van der Waals surface area contributed by atoms with E-state index < -0.39 is 6.03 Å². The summed E-state index contributed by atoms with van der Waals surface area (Å²) in [5.74, 6) is 0.122. The third-order valence-corrected chi connectivity index (χ3v) is 6.55. The first-order chi connectivity index (χ1) is 17.1. The van der Waals surface area contributed by atoms with E-state index in [1.807, 2.05) is 58.9 Å². The van der Waals surface area contributed by atoms with Crippen LogP contribution in [-0.4, -0.2) is 17.0 Å². The van der Waals surface area contributed by atoms with Crippen LogP contribution < -0.4 is 15.4 Å². The van der Waals surface area contributed by atoms with E-state index in [-0.39, 0.29) is 5.97 Å². The van der Waals surface area contributed by atoms with Gasteiger partial charge >= 0.3 is 12.0 Å². The number of nitrogens with one attached hydrogen (secondary N) is 2. The zero-order valence-electron chi connectivity index (χ0n) is 21.2. The Hall–Kier alpha value is -3.90. The number of carbonyl (C=O) groups excluding carboxylic acids is 2. The van der Waals surface area contributed by atoms with Gasteiger partial charge in [0.05, 0.1) is 17.4 Å².